The molecule has 0 aliphatic heterocycles. The van der Waals surface area contributed by atoms with Crippen molar-refractivity contribution in [2.24, 2.45) is 5.73 Å². The molecule has 0 saturated heterocycles. The summed E-state index contributed by atoms with van der Waals surface area (Å²) >= 11 is 1.78. The minimum atomic E-state index is 0.0189. The number of fused-ring (bicyclic) bond motifs is 1. The molecule has 2 heterocycles. The van der Waals surface area contributed by atoms with Crippen LogP contribution < -0.4 is 5.73 Å². The molecule has 1 unspecified atom stereocenters. The van der Waals surface area contributed by atoms with Crippen molar-refractivity contribution >= 4 is 21.4 Å². The van der Waals surface area contributed by atoms with Gasteiger partial charge in [-0.25, -0.2) is 4.98 Å². The molecule has 0 aliphatic carbocycles. The summed E-state index contributed by atoms with van der Waals surface area (Å²) in [7, 11) is 0. The predicted molar refractivity (Wildman–Crippen MR) is 85.0 cm³/mol. The number of thiophene rings is 1. The molecule has 0 fully saturated rings. The first-order valence-corrected chi connectivity index (χ1v) is 7.83. The molecule has 0 aliphatic rings. The van der Waals surface area contributed by atoms with Crippen LogP contribution in [0.15, 0.2) is 42.7 Å². The highest BCUT2D eigenvalue weighted by atomic mass is 32.1. The maximum atomic E-state index is 6.37. The minimum absolute atomic E-state index is 0.0189. The second-order valence-corrected chi connectivity index (χ2v) is 6.15. The molecular weight excluding hydrogens is 266 g/mol. The van der Waals surface area contributed by atoms with E-state index in [0.29, 0.717) is 0 Å². The predicted octanol–water partition coefficient (Wildman–Crippen LogP) is 3.75. The molecule has 0 bridgehead atoms. The third-order valence-electron chi connectivity index (χ3n) is 3.48. The van der Waals surface area contributed by atoms with Gasteiger partial charge in [0.15, 0.2) is 0 Å². The average Bonchev–Trinajstić information content (AvgIpc) is 3.06. The number of imidazole rings is 1. The second kappa shape index (κ2) is 5.77. The van der Waals surface area contributed by atoms with Crippen LogP contribution in [0.25, 0.3) is 10.1 Å². The maximum absolute atomic E-state index is 6.37. The van der Waals surface area contributed by atoms with Crippen LogP contribution in [-0.2, 0) is 13.0 Å². The minimum Gasteiger partial charge on any atom is -0.335 e. The van der Waals surface area contributed by atoms with Crippen molar-refractivity contribution in [1.82, 2.24) is 9.55 Å². The van der Waals surface area contributed by atoms with Gasteiger partial charge in [0.2, 0.25) is 0 Å². The molecule has 1 atom stereocenters. The van der Waals surface area contributed by atoms with E-state index in [4.69, 9.17) is 5.73 Å². The summed E-state index contributed by atoms with van der Waals surface area (Å²) in [5, 5.41) is 1.28. The standard InChI is InChI=1S/C16H19N3S/c1-2-8-19-9-7-18-16(19)11-13(17)15-10-12-5-3-4-6-14(12)20-15/h3-7,9-10,13H,2,8,11,17H2,1H3. The second-order valence-electron chi connectivity index (χ2n) is 5.03. The van der Waals surface area contributed by atoms with Crippen molar-refractivity contribution in [3.63, 3.8) is 0 Å². The molecule has 1 aromatic carbocycles. The van der Waals surface area contributed by atoms with Gasteiger partial charge in [-0.2, -0.15) is 0 Å². The van der Waals surface area contributed by atoms with Crippen molar-refractivity contribution in [3.05, 3.63) is 53.4 Å². The van der Waals surface area contributed by atoms with Crippen LogP contribution in [0.1, 0.15) is 30.1 Å². The van der Waals surface area contributed by atoms with Gasteiger partial charge in [-0.3, -0.25) is 0 Å². The Labute approximate surface area is 123 Å². The highest BCUT2D eigenvalue weighted by Crippen LogP contribution is 2.30. The lowest BCUT2D eigenvalue weighted by Crippen LogP contribution is -2.15. The number of nitrogens with two attached hydrogens (primary N) is 1. The van der Waals surface area contributed by atoms with E-state index in [0.717, 1.165) is 25.2 Å². The topological polar surface area (TPSA) is 43.8 Å². The molecule has 2 N–H and O–H groups in total. The van der Waals surface area contributed by atoms with Crippen molar-refractivity contribution < 1.29 is 0 Å². The Balaban J connectivity index is 1.81. The number of benzene rings is 1. The SMILES string of the molecule is CCCn1ccnc1CC(N)c1cc2ccccc2s1. The van der Waals surface area contributed by atoms with E-state index in [2.05, 4.69) is 46.8 Å². The Hall–Kier alpha value is -1.65. The van der Waals surface area contributed by atoms with E-state index in [1.807, 2.05) is 12.4 Å². The lowest BCUT2D eigenvalue weighted by atomic mass is 10.1. The Morgan fingerprint density at radius 3 is 3.00 bits per heavy atom. The lowest BCUT2D eigenvalue weighted by Gasteiger charge is -2.11. The molecule has 3 nitrogen and oxygen atoms in total. The van der Waals surface area contributed by atoms with Crippen molar-refractivity contribution in [3.8, 4) is 0 Å². The van der Waals surface area contributed by atoms with Gasteiger partial charge in [0.25, 0.3) is 0 Å². The highest BCUT2D eigenvalue weighted by Gasteiger charge is 2.13. The quantitative estimate of drug-likeness (QED) is 0.776. The van der Waals surface area contributed by atoms with Gasteiger partial charge in [-0.05, 0) is 23.9 Å². The Bertz CT molecular complexity index is 665. The highest BCUT2D eigenvalue weighted by molar-refractivity contribution is 7.19. The van der Waals surface area contributed by atoms with E-state index in [-0.39, 0.29) is 6.04 Å². The molecular formula is C16H19N3S. The Kier molecular flexibility index (Phi) is 3.85. The fourth-order valence-electron chi connectivity index (χ4n) is 2.46. The zero-order valence-corrected chi connectivity index (χ0v) is 12.4. The van der Waals surface area contributed by atoms with Gasteiger partial charge >= 0.3 is 0 Å². The monoisotopic (exact) mass is 285 g/mol. The molecule has 0 radical (unpaired) electrons. The van der Waals surface area contributed by atoms with Gasteiger partial charge in [0, 0.05) is 41.0 Å². The summed E-state index contributed by atoms with van der Waals surface area (Å²) in [6.45, 7) is 3.18. The molecule has 0 spiro atoms. The molecule has 0 amide bonds. The molecule has 3 rings (SSSR count). The molecule has 0 saturated carbocycles. The average molecular weight is 285 g/mol. The van der Waals surface area contributed by atoms with Crippen molar-refractivity contribution in [2.75, 3.05) is 0 Å². The summed E-state index contributed by atoms with van der Waals surface area (Å²) in [6, 6.07) is 10.7. The molecule has 3 aromatic rings. The summed E-state index contributed by atoms with van der Waals surface area (Å²) in [5.41, 5.74) is 6.37. The number of nitrogens with zero attached hydrogens (tertiary/aromatic N) is 2. The Morgan fingerprint density at radius 1 is 1.35 bits per heavy atom. The summed E-state index contributed by atoms with van der Waals surface area (Å²) in [4.78, 5) is 5.68. The van der Waals surface area contributed by atoms with Crippen LogP contribution in [-0.4, -0.2) is 9.55 Å². The number of rotatable bonds is 5. The van der Waals surface area contributed by atoms with E-state index in [1.165, 1.54) is 15.0 Å². The fraction of sp³-hybridized carbons (Fsp3) is 0.312. The summed E-state index contributed by atoms with van der Waals surface area (Å²) in [6.07, 6.45) is 5.81. The molecule has 20 heavy (non-hydrogen) atoms. The van der Waals surface area contributed by atoms with Crippen LogP contribution in [0.4, 0.5) is 0 Å². The number of aryl methyl sites for hydroxylation is 1. The van der Waals surface area contributed by atoms with Crippen LogP contribution in [0.5, 0.6) is 0 Å². The third-order valence-corrected chi connectivity index (χ3v) is 4.73. The molecule has 4 heteroatoms. The summed E-state index contributed by atoms with van der Waals surface area (Å²) < 4.78 is 3.50. The first-order chi connectivity index (χ1) is 9.78. The largest absolute Gasteiger partial charge is 0.335 e. The van der Waals surface area contributed by atoms with Crippen LogP contribution >= 0.6 is 11.3 Å². The van der Waals surface area contributed by atoms with E-state index < -0.39 is 0 Å². The van der Waals surface area contributed by atoms with E-state index in [9.17, 15) is 0 Å². The first-order valence-electron chi connectivity index (χ1n) is 7.02. The number of hydrogen-bond donors (Lipinski definition) is 1. The summed E-state index contributed by atoms with van der Waals surface area (Å²) in [5.74, 6) is 1.08. The van der Waals surface area contributed by atoms with Gasteiger partial charge in [-0.15, -0.1) is 11.3 Å². The van der Waals surface area contributed by atoms with Crippen molar-refractivity contribution in [2.45, 2.75) is 32.4 Å². The first kappa shape index (κ1) is 13.3. The van der Waals surface area contributed by atoms with Crippen molar-refractivity contribution in [1.29, 1.82) is 0 Å². The van der Waals surface area contributed by atoms with Crippen LogP contribution in [0, 0.1) is 0 Å². The normalized spacial score (nSPS) is 12.9. The smallest absolute Gasteiger partial charge is 0.110 e. The molecule has 2 aromatic heterocycles. The lowest BCUT2D eigenvalue weighted by molar-refractivity contribution is 0.602. The molecule has 104 valence electrons. The van der Waals surface area contributed by atoms with E-state index >= 15 is 0 Å². The van der Waals surface area contributed by atoms with Gasteiger partial charge in [-0.1, -0.05) is 25.1 Å². The zero-order chi connectivity index (χ0) is 13.9. The number of aromatic nitrogens is 2. The maximum Gasteiger partial charge on any atom is 0.110 e. The van der Waals surface area contributed by atoms with Gasteiger partial charge in [0.05, 0.1) is 0 Å². The third kappa shape index (κ3) is 2.62. The van der Waals surface area contributed by atoms with Crippen LogP contribution in [0.3, 0.4) is 0 Å². The zero-order valence-electron chi connectivity index (χ0n) is 11.6. The number of hydrogen-bond acceptors (Lipinski definition) is 3. The Morgan fingerprint density at radius 2 is 2.20 bits per heavy atom. The fourth-order valence-corrected chi connectivity index (χ4v) is 3.52. The van der Waals surface area contributed by atoms with E-state index in [1.54, 1.807) is 11.3 Å². The van der Waals surface area contributed by atoms with Gasteiger partial charge < -0.3 is 10.3 Å². The van der Waals surface area contributed by atoms with Gasteiger partial charge in [0.1, 0.15) is 5.82 Å². The van der Waals surface area contributed by atoms with Crippen LogP contribution in [0.2, 0.25) is 0 Å².